The number of nitrogens with one attached hydrogen (secondary N) is 2. The minimum Gasteiger partial charge on any atom is -0.386 e. The highest BCUT2D eigenvalue weighted by Gasteiger charge is 2.47. The van der Waals surface area contributed by atoms with Crippen LogP contribution in [0.25, 0.3) is 10.9 Å². The average Bonchev–Trinajstić information content (AvgIpc) is 3.29. The Labute approximate surface area is 158 Å². The molecule has 3 heterocycles. The molecule has 142 valence electrons. The lowest BCUT2D eigenvalue weighted by Gasteiger charge is -2.37. The monoisotopic (exact) mass is 367 g/mol. The third-order valence-electron chi connectivity index (χ3n) is 5.91. The quantitative estimate of drug-likeness (QED) is 0.724. The molecule has 2 fully saturated rings. The van der Waals surface area contributed by atoms with Gasteiger partial charge in [-0.25, -0.2) is 0 Å². The molecule has 2 aliphatic heterocycles. The molecule has 0 aliphatic carbocycles. The molecular formula is C21H25N3O3. The van der Waals surface area contributed by atoms with Crippen molar-refractivity contribution in [3.63, 3.8) is 0 Å². The van der Waals surface area contributed by atoms with Crippen molar-refractivity contribution in [1.82, 2.24) is 15.2 Å². The first-order valence-electron chi connectivity index (χ1n) is 9.39. The second-order valence-corrected chi connectivity index (χ2v) is 8.01. The van der Waals surface area contributed by atoms with Crippen LogP contribution in [0.4, 0.5) is 0 Å². The summed E-state index contributed by atoms with van der Waals surface area (Å²) < 4.78 is 0. The Morgan fingerprint density at radius 3 is 2.81 bits per heavy atom. The summed E-state index contributed by atoms with van der Waals surface area (Å²) in [7, 11) is 0. The maximum absolute atomic E-state index is 13.0. The Bertz CT molecular complexity index is 930. The number of para-hydroxylation sites is 1. The van der Waals surface area contributed by atoms with Crippen molar-refractivity contribution in [2.45, 2.75) is 50.3 Å². The number of nitrogens with zero attached hydrogens (tertiary/aromatic N) is 1. The van der Waals surface area contributed by atoms with Gasteiger partial charge in [0, 0.05) is 34.1 Å². The zero-order valence-corrected chi connectivity index (χ0v) is 15.7. The van der Waals surface area contributed by atoms with Crippen LogP contribution in [0.2, 0.25) is 0 Å². The summed E-state index contributed by atoms with van der Waals surface area (Å²) in [6, 6.07) is 6.29. The zero-order valence-electron chi connectivity index (χ0n) is 15.7. The van der Waals surface area contributed by atoms with Crippen LogP contribution < -0.4 is 5.32 Å². The van der Waals surface area contributed by atoms with Gasteiger partial charge in [-0.15, -0.1) is 6.58 Å². The number of benzene rings is 1. The van der Waals surface area contributed by atoms with Crippen LogP contribution in [0.15, 0.2) is 36.9 Å². The Hall–Kier alpha value is -2.60. The van der Waals surface area contributed by atoms with Crippen molar-refractivity contribution in [2.75, 3.05) is 6.54 Å². The highest BCUT2D eigenvalue weighted by Crippen LogP contribution is 2.38. The second kappa shape index (κ2) is 6.23. The molecule has 0 unspecified atom stereocenters. The van der Waals surface area contributed by atoms with Crippen molar-refractivity contribution in [1.29, 1.82) is 0 Å². The fourth-order valence-electron chi connectivity index (χ4n) is 4.25. The fraction of sp³-hybridized carbons (Fsp3) is 0.429. The molecule has 2 aromatic rings. The molecule has 0 radical (unpaired) electrons. The van der Waals surface area contributed by atoms with Gasteiger partial charge < -0.3 is 20.3 Å². The molecule has 27 heavy (non-hydrogen) atoms. The SMILES string of the molecule is C=CC(C)(C)c1[nH]c2ccccc2c1[C@@H](O)[C@@H]1NC(=O)[C@@H]2CCCN2C1=O. The first-order valence-corrected chi connectivity index (χ1v) is 9.39. The number of rotatable bonds is 4. The predicted octanol–water partition coefficient (Wildman–Crippen LogP) is 2.15. The average molecular weight is 367 g/mol. The van der Waals surface area contributed by atoms with Crippen LogP contribution in [0.1, 0.15) is 44.1 Å². The highest BCUT2D eigenvalue weighted by molar-refractivity contribution is 5.98. The Kier molecular flexibility index (Phi) is 4.11. The molecule has 0 spiro atoms. The predicted molar refractivity (Wildman–Crippen MR) is 103 cm³/mol. The van der Waals surface area contributed by atoms with Crippen LogP contribution >= 0.6 is 0 Å². The van der Waals surface area contributed by atoms with Gasteiger partial charge in [0.1, 0.15) is 18.2 Å². The summed E-state index contributed by atoms with van der Waals surface area (Å²) in [6.45, 7) is 8.48. The van der Waals surface area contributed by atoms with Gasteiger partial charge in [0.25, 0.3) is 0 Å². The fourth-order valence-corrected chi connectivity index (χ4v) is 4.25. The van der Waals surface area contributed by atoms with E-state index in [4.69, 9.17) is 0 Å². The van der Waals surface area contributed by atoms with Gasteiger partial charge in [0.05, 0.1) is 0 Å². The van der Waals surface area contributed by atoms with Gasteiger partial charge >= 0.3 is 0 Å². The summed E-state index contributed by atoms with van der Waals surface area (Å²) in [4.78, 5) is 30.4. The number of carbonyl (C=O) groups excluding carboxylic acids is 2. The molecule has 2 aliphatic rings. The van der Waals surface area contributed by atoms with E-state index in [0.29, 0.717) is 18.5 Å². The topological polar surface area (TPSA) is 85.4 Å². The lowest BCUT2D eigenvalue weighted by molar-refractivity contribution is -0.150. The summed E-state index contributed by atoms with van der Waals surface area (Å²) in [5.41, 5.74) is 1.89. The number of aliphatic hydroxyl groups excluding tert-OH is 1. The number of aromatic nitrogens is 1. The van der Waals surface area contributed by atoms with E-state index in [1.54, 1.807) is 4.90 Å². The Morgan fingerprint density at radius 2 is 2.07 bits per heavy atom. The highest BCUT2D eigenvalue weighted by atomic mass is 16.3. The van der Waals surface area contributed by atoms with E-state index in [9.17, 15) is 14.7 Å². The number of piperazine rings is 1. The van der Waals surface area contributed by atoms with Crippen LogP contribution in [-0.2, 0) is 15.0 Å². The minimum absolute atomic E-state index is 0.180. The van der Waals surface area contributed by atoms with Crippen LogP contribution in [0.5, 0.6) is 0 Å². The second-order valence-electron chi connectivity index (χ2n) is 8.01. The lowest BCUT2D eigenvalue weighted by atomic mass is 9.83. The zero-order chi connectivity index (χ0) is 19.3. The molecule has 2 amide bonds. The number of amides is 2. The van der Waals surface area contributed by atoms with Crippen molar-refractivity contribution < 1.29 is 14.7 Å². The summed E-state index contributed by atoms with van der Waals surface area (Å²) in [5.74, 6) is -0.391. The number of H-pyrrole nitrogens is 1. The third-order valence-corrected chi connectivity index (χ3v) is 5.91. The van der Waals surface area contributed by atoms with Crippen molar-refractivity contribution in [2.24, 2.45) is 0 Å². The number of fused-ring (bicyclic) bond motifs is 2. The van der Waals surface area contributed by atoms with Crippen molar-refractivity contribution in [3.05, 3.63) is 48.2 Å². The van der Waals surface area contributed by atoms with Gasteiger partial charge in [-0.3, -0.25) is 9.59 Å². The number of carbonyl (C=O) groups is 2. The Balaban J connectivity index is 1.81. The van der Waals surface area contributed by atoms with Crippen LogP contribution in [0, 0.1) is 0 Å². The molecule has 6 nitrogen and oxygen atoms in total. The van der Waals surface area contributed by atoms with Gasteiger partial charge in [0.2, 0.25) is 11.8 Å². The summed E-state index contributed by atoms with van der Waals surface area (Å²) in [6.07, 6.45) is 2.16. The first-order chi connectivity index (χ1) is 12.8. The van der Waals surface area contributed by atoms with Crippen molar-refractivity contribution in [3.8, 4) is 0 Å². The molecule has 2 saturated heterocycles. The largest absolute Gasteiger partial charge is 0.386 e. The van der Waals surface area contributed by atoms with E-state index in [-0.39, 0.29) is 11.8 Å². The number of allylic oxidation sites excluding steroid dienone is 1. The maximum Gasteiger partial charge on any atom is 0.248 e. The van der Waals surface area contributed by atoms with Gasteiger partial charge in [0.15, 0.2) is 0 Å². The first kappa shape index (κ1) is 17.8. The van der Waals surface area contributed by atoms with E-state index in [1.165, 1.54) is 0 Å². The van der Waals surface area contributed by atoms with Crippen LogP contribution in [-0.4, -0.2) is 45.4 Å². The molecule has 0 bridgehead atoms. The smallest absolute Gasteiger partial charge is 0.248 e. The Morgan fingerprint density at radius 1 is 1.33 bits per heavy atom. The molecular weight excluding hydrogens is 342 g/mol. The summed E-state index contributed by atoms with van der Waals surface area (Å²) >= 11 is 0. The minimum atomic E-state index is -1.15. The molecule has 1 aromatic heterocycles. The number of hydrogen-bond acceptors (Lipinski definition) is 3. The number of aromatic amines is 1. The standard InChI is InChI=1S/C21H25N3O3/c1-4-21(2,3)18-15(12-8-5-6-9-13(12)22-18)17(25)16-20(27)24-11-7-10-14(24)19(26)23-16/h4-6,8-9,14,16-17,22,25H,1,7,10-11H2,2-3H3,(H,23,26)/t14-,16-,17+/m0/s1. The molecule has 3 N–H and O–H groups in total. The van der Waals surface area contributed by atoms with Gasteiger partial charge in [-0.1, -0.05) is 38.1 Å². The maximum atomic E-state index is 13.0. The molecule has 4 rings (SSSR count). The van der Waals surface area contributed by atoms with E-state index >= 15 is 0 Å². The van der Waals surface area contributed by atoms with Gasteiger partial charge in [-0.2, -0.15) is 0 Å². The summed E-state index contributed by atoms with van der Waals surface area (Å²) in [5, 5.41) is 14.9. The van der Waals surface area contributed by atoms with E-state index in [0.717, 1.165) is 23.0 Å². The third kappa shape index (κ3) is 2.67. The van der Waals surface area contributed by atoms with Crippen molar-refractivity contribution >= 4 is 22.7 Å². The lowest BCUT2D eigenvalue weighted by Crippen LogP contribution is -2.62. The molecule has 6 heteroatoms. The molecule has 1 aromatic carbocycles. The van der Waals surface area contributed by atoms with E-state index in [1.807, 2.05) is 44.2 Å². The van der Waals surface area contributed by atoms with Crippen LogP contribution in [0.3, 0.4) is 0 Å². The van der Waals surface area contributed by atoms with E-state index in [2.05, 4.69) is 16.9 Å². The van der Waals surface area contributed by atoms with Gasteiger partial charge in [-0.05, 0) is 18.9 Å². The normalized spacial score (nSPS) is 24.0. The molecule has 0 saturated carbocycles. The number of aliphatic hydroxyl groups is 1. The van der Waals surface area contributed by atoms with E-state index < -0.39 is 23.6 Å². The molecule has 3 atom stereocenters. The number of hydrogen-bond donors (Lipinski definition) is 3.